The van der Waals surface area contributed by atoms with Gasteiger partial charge in [0.2, 0.25) is 11.8 Å². The van der Waals surface area contributed by atoms with Gasteiger partial charge in [-0.1, -0.05) is 12.1 Å². The first-order chi connectivity index (χ1) is 28.6. The molecule has 3 aliphatic heterocycles. The van der Waals surface area contributed by atoms with Gasteiger partial charge in [-0.3, -0.25) is 33.8 Å². The number of nitrogens with two attached hydrogens (primary N) is 1. The molecule has 0 spiro atoms. The SMILES string of the molecule is NC(=O)C(CCC=O)N1C(=O)c2ccc(NCC(=O)N3CCC(n4cc(-c5cnc6cccc(-c7cc(F)c(CN8CCOCC8)c(F)c7)c6n5)cn4)CC3)cc2C1O. The number of aliphatic hydroxyl groups is 1. The minimum atomic E-state index is -1.43. The summed E-state index contributed by atoms with van der Waals surface area (Å²) in [7, 11) is 0. The highest BCUT2D eigenvalue weighted by Gasteiger charge is 2.42. The fourth-order valence-electron chi connectivity index (χ4n) is 8.07. The van der Waals surface area contributed by atoms with Crippen LogP contribution in [0.3, 0.4) is 0 Å². The van der Waals surface area contributed by atoms with Crippen LogP contribution in [-0.4, -0.2) is 116 Å². The Morgan fingerprint density at radius 2 is 1.76 bits per heavy atom. The number of aromatic nitrogens is 4. The van der Waals surface area contributed by atoms with Crippen molar-refractivity contribution in [3.8, 4) is 22.4 Å². The van der Waals surface area contributed by atoms with Gasteiger partial charge in [0.25, 0.3) is 5.91 Å². The van der Waals surface area contributed by atoms with Crippen molar-refractivity contribution in [3.05, 3.63) is 95.4 Å². The molecule has 306 valence electrons. The van der Waals surface area contributed by atoms with Crippen LogP contribution in [0.5, 0.6) is 0 Å². The molecular weight excluding hydrogens is 765 g/mol. The minimum Gasteiger partial charge on any atom is -0.379 e. The lowest BCUT2D eigenvalue weighted by molar-refractivity contribution is -0.130. The number of hydrogen-bond donors (Lipinski definition) is 3. The summed E-state index contributed by atoms with van der Waals surface area (Å²) in [6.07, 6.45) is 5.75. The number of aldehydes is 1. The van der Waals surface area contributed by atoms with Gasteiger partial charge >= 0.3 is 0 Å². The molecule has 2 fully saturated rings. The van der Waals surface area contributed by atoms with Crippen LogP contribution in [0.25, 0.3) is 33.4 Å². The van der Waals surface area contributed by atoms with E-state index < -0.39 is 35.7 Å². The average molecular weight is 808 g/mol. The number of benzene rings is 3. The van der Waals surface area contributed by atoms with E-state index in [2.05, 4.69) is 15.4 Å². The number of morpholine rings is 1. The number of aliphatic hydroxyl groups excluding tert-OH is 1. The zero-order valence-corrected chi connectivity index (χ0v) is 32.1. The first kappa shape index (κ1) is 39.6. The van der Waals surface area contributed by atoms with Crippen molar-refractivity contribution >= 4 is 40.7 Å². The van der Waals surface area contributed by atoms with E-state index in [1.165, 1.54) is 18.2 Å². The second-order valence-corrected chi connectivity index (χ2v) is 15.0. The second-order valence-electron chi connectivity index (χ2n) is 15.0. The number of nitrogens with one attached hydrogen (secondary N) is 1. The van der Waals surface area contributed by atoms with Gasteiger partial charge in [-0.2, -0.15) is 5.10 Å². The van der Waals surface area contributed by atoms with E-state index in [0.717, 1.165) is 10.5 Å². The summed E-state index contributed by atoms with van der Waals surface area (Å²) < 4.78 is 38.0. The first-order valence-corrected chi connectivity index (χ1v) is 19.6. The Labute approximate surface area is 337 Å². The molecule has 2 aromatic heterocycles. The molecule has 3 amide bonds. The molecule has 5 aromatic rings. The molecule has 3 aliphatic rings. The van der Waals surface area contributed by atoms with Crippen molar-refractivity contribution in [1.29, 1.82) is 0 Å². The van der Waals surface area contributed by atoms with Crippen LogP contribution in [0, 0.1) is 11.6 Å². The topological polar surface area (TPSA) is 189 Å². The van der Waals surface area contributed by atoms with Crippen molar-refractivity contribution in [2.75, 3.05) is 51.3 Å². The third-order valence-electron chi connectivity index (χ3n) is 11.3. The number of halogens is 2. The molecule has 0 bridgehead atoms. The Bertz CT molecular complexity index is 2390. The molecular formula is C42H43F2N9O6. The zero-order valence-electron chi connectivity index (χ0n) is 32.1. The lowest BCUT2D eigenvalue weighted by Crippen LogP contribution is -2.46. The quantitative estimate of drug-likeness (QED) is 0.147. The third kappa shape index (κ3) is 8.13. The normalized spacial score (nSPS) is 17.9. The maximum Gasteiger partial charge on any atom is 0.257 e. The van der Waals surface area contributed by atoms with E-state index in [0.29, 0.717) is 92.1 Å². The maximum absolute atomic E-state index is 15.4. The molecule has 3 aromatic carbocycles. The number of carbonyl (C=O) groups is 4. The standard InChI is InChI=1S/C42H43F2N9O6/c43-33-17-25(18-34(44)32(33)24-50-12-15-59-16-13-50)29-3-1-4-35-39(29)49-36(21-47-35)26-20-48-52(23-26)28-8-10-51(11-9-28)38(55)22-46-27-6-7-30-31(19-27)42(58)53(41(30)57)37(40(45)56)5-2-14-54/h1,3-4,6-7,14,17-21,23,28,37,42,46,58H,2,5,8-13,15-16,22,24H2,(H2,45,56). The maximum atomic E-state index is 15.4. The van der Waals surface area contributed by atoms with Crippen LogP contribution in [0.1, 0.15) is 59.4 Å². The number of para-hydroxylation sites is 1. The second kappa shape index (κ2) is 17.0. The number of likely N-dealkylation sites (tertiary alicyclic amines) is 1. The van der Waals surface area contributed by atoms with Crippen LogP contribution in [-0.2, 0) is 25.7 Å². The molecule has 2 atom stereocenters. The summed E-state index contributed by atoms with van der Waals surface area (Å²) in [5.74, 6) is -2.74. The molecule has 2 unspecified atom stereocenters. The van der Waals surface area contributed by atoms with E-state index in [9.17, 15) is 24.3 Å². The van der Waals surface area contributed by atoms with E-state index in [4.69, 9.17) is 15.5 Å². The fourth-order valence-corrected chi connectivity index (χ4v) is 8.07. The van der Waals surface area contributed by atoms with Gasteiger partial charge in [-0.25, -0.2) is 13.8 Å². The first-order valence-electron chi connectivity index (χ1n) is 19.6. The minimum absolute atomic E-state index is 0.000170. The van der Waals surface area contributed by atoms with Crippen LogP contribution < -0.4 is 11.1 Å². The van der Waals surface area contributed by atoms with Crippen LogP contribution in [0.15, 0.2) is 67.1 Å². The van der Waals surface area contributed by atoms with Gasteiger partial charge in [-0.15, -0.1) is 0 Å². The van der Waals surface area contributed by atoms with Gasteiger partial charge in [0.05, 0.1) is 54.9 Å². The number of anilines is 1. The van der Waals surface area contributed by atoms with E-state index in [1.807, 2.05) is 15.8 Å². The van der Waals surface area contributed by atoms with Crippen LogP contribution in [0.4, 0.5) is 14.5 Å². The van der Waals surface area contributed by atoms with Gasteiger partial charge in [0.15, 0.2) is 6.23 Å². The average Bonchev–Trinajstić information content (AvgIpc) is 3.84. The highest BCUT2D eigenvalue weighted by molar-refractivity contribution is 6.02. The fraction of sp³-hybridized carbons (Fsp3) is 0.357. The highest BCUT2D eigenvalue weighted by atomic mass is 19.1. The zero-order chi connectivity index (χ0) is 41.2. The molecule has 0 saturated carbocycles. The van der Waals surface area contributed by atoms with Gasteiger partial charge in [0, 0.05) is 78.8 Å². The van der Waals surface area contributed by atoms with E-state index in [-0.39, 0.29) is 54.6 Å². The number of nitrogens with zero attached hydrogens (tertiary/aromatic N) is 7. The van der Waals surface area contributed by atoms with Crippen molar-refractivity contribution in [1.82, 2.24) is 34.4 Å². The number of fused-ring (bicyclic) bond motifs is 2. The Balaban J connectivity index is 0.890. The molecule has 17 heteroatoms. The summed E-state index contributed by atoms with van der Waals surface area (Å²) in [6.45, 7) is 3.44. The Morgan fingerprint density at radius 3 is 2.49 bits per heavy atom. The molecule has 0 radical (unpaired) electrons. The van der Waals surface area contributed by atoms with Gasteiger partial charge in [-0.05, 0) is 61.2 Å². The molecule has 2 saturated heterocycles. The molecule has 8 rings (SSSR count). The number of ether oxygens (including phenoxy) is 1. The van der Waals surface area contributed by atoms with Crippen molar-refractivity contribution in [2.45, 2.75) is 50.5 Å². The number of amides is 3. The number of primary amides is 1. The lowest BCUT2D eigenvalue weighted by atomic mass is 10.0. The largest absolute Gasteiger partial charge is 0.379 e. The smallest absolute Gasteiger partial charge is 0.257 e. The number of rotatable bonds is 13. The molecule has 59 heavy (non-hydrogen) atoms. The summed E-state index contributed by atoms with van der Waals surface area (Å²) >= 11 is 0. The third-order valence-corrected chi connectivity index (χ3v) is 11.3. The number of hydrogen-bond acceptors (Lipinski definition) is 11. The van der Waals surface area contributed by atoms with E-state index in [1.54, 1.807) is 47.6 Å². The van der Waals surface area contributed by atoms with E-state index >= 15 is 8.78 Å². The molecule has 15 nitrogen and oxygen atoms in total. The monoisotopic (exact) mass is 807 g/mol. The lowest BCUT2D eigenvalue weighted by Gasteiger charge is -2.32. The number of piperidine rings is 1. The Morgan fingerprint density at radius 1 is 1.00 bits per heavy atom. The Kier molecular flexibility index (Phi) is 11.4. The predicted octanol–water partition coefficient (Wildman–Crippen LogP) is 3.83. The highest BCUT2D eigenvalue weighted by Crippen LogP contribution is 2.36. The predicted molar refractivity (Wildman–Crippen MR) is 211 cm³/mol. The van der Waals surface area contributed by atoms with Crippen LogP contribution in [0.2, 0.25) is 0 Å². The summed E-state index contributed by atoms with van der Waals surface area (Å²) in [5, 5.41) is 18.6. The van der Waals surface area contributed by atoms with Crippen molar-refractivity contribution in [3.63, 3.8) is 0 Å². The Hall–Kier alpha value is -6.17. The summed E-state index contributed by atoms with van der Waals surface area (Å²) in [5.41, 5.74) is 9.80. The van der Waals surface area contributed by atoms with Crippen LogP contribution >= 0.6 is 0 Å². The summed E-state index contributed by atoms with van der Waals surface area (Å²) in [6, 6.07) is 11.7. The number of carbonyl (C=O) groups excluding carboxylic acids is 4. The van der Waals surface area contributed by atoms with Crippen molar-refractivity contribution in [2.24, 2.45) is 5.73 Å². The van der Waals surface area contributed by atoms with Gasteiger partial charge in [0.1, 0.15) is 24.0 Å². The van der Waals surface area contributed by atoms with Crippen molar-refractivity contribution < 1.29 is 37.8 Å². The molecule has 0 aliphatic carbocycles. The van der Waals surface area contributed by atoms with Gasteiger partial charge < -0.3 is 30.6 Å². The molecule has 4 N–H and O–H groups in total. The summed E-state index contributed by atoms with van der Waals surface area (Å²) in [4.78, 5) is 63.4. The molecule has 5 heterocycles.